The van der Waals surface area contributed by atoms with Crippen molar-refractivity contribution in [1.82, 2.24) is 0 Å². The Morgan fingerprint density at radius 3 is 2.78 bits per heavy atom. The van der Waals surface area contributed by atoms with Gasteiger partial charge in [0, 0.05) is 27.6 Å². The Bertz CT molecular complexity index is 1070. The number of esters is 1. The summed E-state index contributed by atoms with van der Waals surface area (Å²) < 4.78 is 16.1. The zero-order valence-electron chi connectivity index (χ0n) is 14.5. The lowest BCUT2D eigenvalue weighted by Gasteiger charge is -2.09. The van der Waals surface area contributed by atoms with Crippen LogP contribution in [0.15, 0.2) is 51.7 Å². The molecule has 0 saturated heterocycles. The van der Waals surface area contributed by atoms with Gasteiger partial charge in [-0.2, -0.15) is 0 Å². The number of halogens is 1. The first-order valence-electron chi connectivity index (χ1n) is 8.72. The fraction of sp³-hybridized carbons (Fsp3) is 0.238. The van der Waals surface area contributed by atoms with E-state index >= 15 is 0 Å². The zero-order chi connectivity index (χ0) is 18.8. The fourth-order valence-corrected chi connectivity index (χ4v) is 3.50. The molecule has 0 atom stereocenters. The number of rotatable bonds is 5. The molecule has 138 valence electrons. The molecule has 1 aromatic heterocycles. The third-order valence-corrected chi connectivity index (χ3v) is 5.02. The third-order valence-electron chi connectivity index (χ3n) is 4.65. The standard InChI is InChI=1S/C21H17ClO5/c22-18-7-2-1-4-13(18)11-26-20(23)12-25-14-8-9-16-15-5-3-6-17(15)21(24)27-19(16)10-14/h1-2,4,7-10H,3,5-6,11-12H2. The summed E-state index contributed by atoms with van der Waals surface area (Å²) >= 11 is 6.03. The van der Waals surface area contributed by atoms with E-state index in [2.05, 4.69) is 0 Å². The number of aryl methyl sites for hydroxylation is 1. The van der Waals surface area contributed by atoms with Crippen LogP contribution in [0.25, 0.3) is 11.0 Å². The first-order valence-corrected chi connectivity index (χ1v) is 9.10. The summed E-state index contributed by atoms with van der Waals surface area (Å²) in [6.07, 6.45) is 2.61. The Morgan fingerprint density at radius 1 is 1.11 bits per heavy atom. The summed E-state index contributed by atoms with van der Waals surface area (Å²) in [6.45, 7) is -0.161. The van der Waals surface area contributed by atoms with Crippen molar-refractivity contribution in [2.45, 2.75) is 25.9 Å². The monoisotopic (exact) mass is 384 g/mol. The lowest BCUT2D eigenvalue weighted by Crippen LogP contribution is -2.15. The second-order valence-corrected chi connectivity index (χ2v) is 6.81. The van der Waals surface area contributed by atoms with Crippen LogP contribution < -0.4 is 10.4 Å². The van der Waals surface area contributed by atoms with Crippen LogP contribution in [-0.2, 0) is 29.0 Å². The van der Waals surface area contributed by atoms with Gasteiger partial charge in [0.25, 0.3) is 0 Å². The van der Waals surface area contributed by atoms with Gasteiger partial charge in [0.2, 0.25) is 0 Å². The van der Waals surface area contributed by atoms with Crippen LogP contribution in [-0.4, -0.2) is 12.6 Å². The average molecular weight is 385 g/mol. The molecular formula is C21H17ClO5. The highest BCUT2D eigenvalue weighted by Crippen LogP contribution is 2.29. The van der Waals surface area contributed by atoms with E-state index in [1.165, 1.54) is 0 Å². The van der Waals surface area contributed by atoms with Crippen LogP contribution in [0.5, 0.6) is 5.75 Å². The van der Waals surface area contributed by atoms with Gasteiger partial charge in [-0.25, -0.2) is 9.59 Å². The zero-order valence-corrected chi connectivity index (χ0v) is 15.3. The molecular weight excluding hydrogens is 368 g/mol. The average Bonchev–Trinajstić information content (AvgIpc) is 3.16. The molecule has 3 aromatic rings. The van der Waals surface area contributed by atoms with E-state index in [1.54, 1.807) is 24.3 Å². The predicted octanol–water partition coefficient (Wildman–Crippen LogP) is 4.06. The molecule has 0 bridgehead atoms. The maximum atomic E-state index is 12.1. The summed E-state index contributed by atoms with van der Waals surface area (Å²) in [5.41, 5.74) is 2.76. The molecule has 0 saturated carbocycles. The minimum absolute atomic E-state index is 0.0839. The fourth-order valence-electron chi connectivity index (χ4n) is 3.31. The molecule has 0 N–H and O–H groups in total. The van der Waals surface area contributed by atoms with Crippen LogP contribution >= 0.6 is 11.6 Å². The van der Waals surface area contributed by atoms with Gasteiger partial charge >= 0.3 is 11.6 Å². The van der Waals surface area contributed by atoms with Gasteiger partial charge in [0.05, 0.1) is 0 Å². The van der Waals surface area contributed by atoms with Gasteiger partial charge in [0.15, 0.2) is 6.61 Å². The van der Waals surface area contributed by atoms with Crippen LogP contribution in [0.2, 0.25) is 5.02 Å². The molecule has 1 heterocycles. The smallest absolute Gasteiger partial charge is 0.344 e. The maximum Gasteiger partial charge on any atom is 0.344 e. The molecule has 6 heteroatoms. The summed E-state index contributed by atoms with van der Waals surface area (Å²) in [5.74, 6) is -0.0660. The Labute approximate surface area is 160 Å². The van der Waals surface area contributed by atoms with Crippen LogP contribution in [0.1, 0.15) is 23.1 Å². The molecule has 2 aromatic carbocycles. The van der Waals surface area contributed by atoms with Gasteiger partial charge in [0.1, 0.15) is 17.9 Å². The number of benzene rings is 2. The van der Waals surface area contributed by atoms with Gasteiger partial charge in [-0.05, 0) is 43.0 Å². The van der Waals surface area contributed by atoms with Crippen molar-refractivity contribution in [3.05, 3.63) is 74.6 Å². The SMILES string of the molecule is O=C(COc1ccc2c3c(c(=O)oc2c1)CCC3)OCc1ccccc1Cl. The maximum absolute atomic E-state index is 12.1. The molecule has 0 fully saturated rings. The van der Waals surface area contributed by atoms with E-state index in [4.69, 9.17) is 25.5 Å². The molecule has 4 rings (SSSR count). The Balaban J connectivity index is 1.42. The Hall–Kier alpha value is -2.79. The van der Waals surface area contributed by atoms with Crippen LogP contribution in [0.4, 0.5) is 0 Å². The summed E-state index contributed by atoms with van der Waals surface area (Å²) in [4.78, 5) is 24.0. The van der Waals surface area contributed by atoms with E-state index in [0.29, 0.717) is 16.4 Å². The molecule has 1 aliphatic rings. The normalized spacial score (nSPS) is 12.8. The van der Waals surface area contributed by atoms with Crippen molar-refractivity contribution in [1.29, 1.82) is 0 Å². The molecule has 0 amide bonds. The van der Waals surface area contributed by atoms with E-state index in [-0.39, 0.29) is 18.8 Å². The van der Waals surface area contributed by atoms with Crippen molar-refractivity contribution in [3.8, 4) is 5.75 Å². The Kier molecular flexibility index (Phi) is 4.86. The first kappa shape index (κ1) is 17.6. The van der Waals surface area contributed by atoms with Gasteiger partial charge < -0.3 is 13.9 Å². The highest BCUT2D eigenvalue weighted by molar-refractivity contribution is 6.31. The minimum Gasteiger partial charge on any atom is -0.482 e. The predicted molar refractivity (Wildman–Crippen MR) is 101 cm³/mol. The topological polar surface area (TPSA) is 65.7 Å². The molecule has 0 unspecified atom stereocenters. The molecule has 1 aliphatic carbocycles. The van der Waals surface area contributed by atoms with Crippen LogP contribution in [0, 0.1) is 0 Å². The van der Waals surface area contributed by atoms with E-state index in [0.717, 1.165) is 41.3 Å². The van der Waals surface area contributed by atoms with Crippen molar-refractivity contribution < 1.29 is 18.7 Å². The molecule has 0 spiro atoms. The number of carbonyl (C=O) groups is 1. The Morgan fingerprint density at radius 2 is 1.93 bits per heavy atom. The van der Waals surface area contributed by atoms with Gasteiger partial charge in [-0.15, -0.1) is 0 Å². The number of fused-ring (bicyclic) bond motifs is 3. The summed E-state index contributed by atoms with van der Waals surface area (Å²) in [7, 11) is 0. The summed E-state index contributed by atoms with van der Waals surface area (Å²) in [5, 5.41) is 1.47. The van der Waals surface area contributed by atoms with E-state index < -0.39 is 5.97 Å². The quantitative estimate of drug-likeness (QED) is 0.490. The highest BCUT2D eigenvalue weighted by Gasteiger charge is 2.19. The van der Waals surface area contributed by atoms with Gasteiger partial charge in [-0.3, -0.25) is 0 Å². The van der Waals surface area contributed by atoms with Crippen LogP contribution in [0.3, 0.4) is 0 Å². The van der Waals surface area contributed by atoms with E-state index in [9.17, 15) is 9.59 Å². The van der Waals surface area contributed by atoms with Crippen molar-refractivity contribution in [3.63, 3.8) is 0 Å². The lowest BCUT2D eigenvalue weighted by molar-refractivity contribution is -0.147. The van der Waals surface area contributed by atoms with Crippen molar-refractivity contribution >= 4 is 28.5 Å². The number of carbonyl (C=O) groups excluding carboxylic acids is 1. The molecule has 0 radical (unpaired) electrons. The number of hydrogen-bond donors (Lipinski definition) is 0. The second kappa shape index (κ2) is 7.45. The number of ether oxygens (including phenoxy) is 2. The molecule has 0 aliphatic heterocycles. The number of hydrogen-bond acceptors (Lipinski definition) is 5. The molecule has 27 heavy (non-hydrogen) atoms. The second-order valence-electron chi connectivity index (χ2n) is 6.40. The van der Waals surface area contributed by atoms with Gasteiger partial charge in [-0.1, -0.05) is 29.8 Å². The molecule has 5 nitrogen and oxygen atoms in total. The highest BCUT2D eigenvalue weighted by atomic mass is 35.5. The minimum atomic E-state index is -0.509. The summed E-state index contributed by atoms with van der Waals surface area (Å²) in [6, 6.07) is 12.4. The third kappa shape index (κ3) is 3.69. The van der Waals surface area contributed by atoms with E-state index in [1.807, 2.05) is 18.2 Å². The lowest BCUT2D eigenvalue weighted by atomic mass is 10.1. The first-order chi connectivity index (χ1) is 13.1. The van der Waals surface area contributed by atoms with Crippen molar-refractivity contribution in [2.24, 2.45) is 0 Å². The largest absolute Gasteiger partial charge is 0.482 e. The van der Waals surface area contributed by atoms with Crippen molar-refractivity contribution in [2.75, 3.05) is 6.61 Å².